The third-order valence-electron chi connectivity index (χ3n) is 4.76. The van der Waals surface area contributed by atoms with Gasteiger partial charge in [-0.2, -0.15) is 0 Å². The Morgan fingerprint density at radius 3 is 2.37 bits per heavy atom. The fourth-order valence-corrected chi connectivity index (χ4v) is 3.39. The number of furan rings is 1. The molecule has 0 atom stereocenters. The van der Waals surface area contributed by atoms with E-state index in [2.05, 4.69) is 0 Å². The summed E-state index contributed by atoms with van der Waals surface area (Å²) in [6, 6.07) is 5.77. The maximum atomic E-state index is 12.7. The van der Waals surface area contributed by atoms with Gasteiger partial charge in [-0.1, -0.05) is 0 Å². The molecule has 2 aromatic rings. The van der Waals surface area contributed by atoms with Gasteiger partial charge < -0.3 is 23.9 Å². The number of carbonyl (C=O) groups excluding carboxylic acids is 1. The van der Waals surface area contributed by atoms with Gasteiger partial charge in [0.1, 0.15) is 23.7 Å². The molecule has 1 fully saturated rings. The number of aryl methyl sites for hydroxylation is 1. The highest BCUT2D eigenvalue weighted by Gasteiger charge is 2.34. The number of carbonyl (C=O) groups is 2. The monoisotopic (exact) mass is 373 g/mol. The zero-order valence-electron chi connectivity index (χ0n) is 15.7. The molecule has 27 heavy (non-hydrogen) atoms. The molecule has 1 saturated heterocycles. The SMILES string of the molecule is COc1cc(CC2CN(C(=O)c3c(C)coc3CC(=O)O)C2)cc(OC)c1. The molecule has 7 heteroatoms. The summed E-state index contributed by atoms with van der Waals surface area (Å²) in [6.45, 7) is 2.99. The predicted octanol–water partition coefficient (Wildman–Crippen LogP) is 2.55. The quantitative estimate of drug-likeness (QED) is 0.802. The van der Waals surface area contributed by atoms with Crippen LogP contribution in [0.3, 0.4) is 0 Å². The summed E-state index contributed by atoms with van der Waals surface area (Å²) in [7, 11) is 3.23. The van der Waals surface area contributed by atoms with E-state index in [1.54, 1.807) is 26.0 Å². The minimum absolute atomic E-state index is 0.169. The highest BCUT2D eigenvalue weighted by Crippen LogP contribution is 2.29. The molecule has 0 bridgehead atoms. The molecule has 0 radical (unpaired) electrons. The van der Waals surface area contributed by atoms with Crippen molar-refractivity contribution in [2.24, 2.45) is 5.92 Å². The van der Waals surface area contributed by atoms with Crippen molar-refractivity contribution in [2.45, 2.75) is 19.8 Å². The van der Waals surface area contributed by atoms with Crippen LogP contribution < -0.4 is 9.47 Å². The Labute approximate surface area is 157 Å². The van der Waals surface area contributed by atoms with Crippen molar-refractivity contribution in [2.75, 3.05) is 27.3 Å². The van der Waals surface area contributed by atoms with Gasteiger partial charge in [0.2, 0.25) is 0 Å². The number of methoxy groups -OCH3 is 2. The lowest BCUT2D eigenvalue weighted by Gasteiger charge is -2.39. The maximum Gasteiger partial charge on any atom is 0.311 e. The molecule has 1 aliphatic heterocycles. The van der Waals surface area contributed by atoms with Crippen LogP contribution in [0.15, 0.2) is 28.9 Å². The number of amides is 1. The van der Waals surface area contributed by atoms with Crippen LogP contribution in [0.1, 0.15) is 27.2 Å². The number of rotatable bonds is 7. The van der Waals surface area contributed by atoms with Crippen LogP contribution in [-0.4, -0.2) is 49.2 Å². The number of ether oxygens (including phenoxy) is 2. The highest BCUT2D eigenvalue weighted by molar-refractivity contribution is 5.97. The van der Waals surface area contributed by atoms with E-state index in [9.17, 15) is 9.59 Å². The average molecular weight is 373 g/mol. The van der Waals surface area contributed by atoms with Gasteiger partial charge in [0.05, 0.1) is 26.0 Å². The minimum Gasteiger partial charge on any atom is -0.497 e. The molecular weight excluding hydrogens is 350 g/mol. The number of carboxylic acid groups (broad SMARTS) is 1. The summed E-state index contributed by atoms with van der Waals surface area (Å²) in [4.78, 5) is 25.4. The minimum atomic E-state index is -1.02. The Hall–Kier alpha value is -2.96. The third kappa shape index (κ3) is 4.07. The fraction of sp³-hybridized carbons (Fsp3) is 0.400. The van der Waals surface area contributed by atoms with E-state index in [0.29, 0.717) is 30.1 Å². The Balaban J connectivity index is 1.64. The Bertz CT molecular complexity index is 828. The smallest absolute Gasteiger partial charge is 0.311 e. The number of benzene rings is 1. The van der Waals surface area contributed by atoms with Gasteiger partial charge in [0.15, 0.2) is 0 Å². The van der Waals surface area contributed by atoms with Crippen molar-refractivity contribution in [3.63, 3.8) is 0 Å². The van der Waals surface area contributed by atoms with Crippen molar-refractivity contribution in [3.05, 3.63) is 46.9 Å². The zero-order valence-corrected chi connectivity index (χ0v) is 15.7. The average Bonchev–Trinajstić information content (AvgIpc) is 2.96. The molecule has 0 aliphatic carbocycles. The first-order chi connectivity index (χ1) is 12.9. The molecule has 144 valence electrons. The van der Waals surface area contributed by atoms with E-state index in [1.165, 1.54) is 6.26 Å². The van der Waals surface area contributed by atoms with Crippen LogP contribution >= 0.6 is 0 Å². The van der Waals surface area contributed by atoms with Crippen molar-refractivity contribution in [1.82, 2.24) is 4.90 Å². The van der Waals surface area contributed by atoms with E-state index in [4.69, 9.17) is 19.0 Å². The van der Waals surface area contributed by atoms with Crippen LogP contribution in [-0.2, 0) is 17.6 Å². The van der Waals surface area contributed by atoms with E-state index in [1.807, 2.05) is 18.2 Å². The number of hydrogen-bond acceptors (Lipinski definition) is 5. The van der Waals surface area contributed by atoms with Crippen LogP contribution in [0.25, 0.3) is 0 Å². The third-order valence-corrected chi connectivity index (χ3v) is 4.76. The van der Waals surface area contributed by atoms with Crippen LogP contribution in [0.5, 0.6) is 11.5 Å². The summed E-state index contributed by atoms with van der Waals surface area (Å²) in [5.41, 5.74) is 2.13. The van der Waals surface area contributed by atoms with Crippen LogP contribution in [0.2, 0.25) is 0 Å². The van der Waals surface area contributed by atoms with Gasteiger partial charge in [-0.3, -0.25) is 9.59 Å². The molecule has 3 rings (SSSR count). The maximum absolute atomic E-state index is 12.7. The van der Waals surface area contributed by atoms with Crippen LogP contribution in [0.4, 0.5) is 0 Å². The van der Waals surface area contributed by atoms with Crippen molar-refractivity contribution in [3.8, 4) is 11.5 Å². The second-order valence-corrected chi connectivity index (χ2v) is 6.79. The lowest BCUT2D eigenvalue weighted by Crippen LogP contribution is -2.51. The van der Waals surface area contributed by atoms with Gasteiger partial charge in [-0.05, 0) is 37.0 Å². The first-order valence-electron chi connectivity index (χ1n) is 8.71. The number of carboxylic acids is 1. The molecule has 2 heterocycles. The first-order valence-corrected chi connectivity index (χ1v) is 8.71. The lowest BCUT2D eigenvalue weighted by molar-refractivity contribution is -0.136. The van der Waals surface area contributed by atoms with Gasteiger partial charge in [-0.15, -0.1) is 0 Å². The summed E-state index contributed by atoms with van der Waals surface area (Å²) in [5.74, 6) is 0.837. The standard InChI is InChI=1S/C20H23NO6/c1-12-11-27-17(8-18(22)23)19(12)20(24)21-9-14(10-21)4-13-5-15(25-2)7-16(6-13)26-3/h5-7,11,14H,4,8-10H2,1-3H3,(H,22,23). The fourth-order valence-electron chi connectivity index (χ4n) is 3.39. The number of likely N-dealkylation sites (tertiary alicyclic amines) is 1. The lowest BCUT2D eigenvalue weighted by atomic mass is 9.91. The first kappa shape index (κ1) is 18.8. The van der Waals surface area contributed by atoms with E-state index in [0.717, 1.165) is 23.5 Å². The molecule has 0 spiro atoms. The summed E-state index contributed by atoms with van der Waals surface area (Å²) >= 11 is 0. The predicted molar refractivity (Wildman–Crippen MR) is 97.4 cm³/mol. The zero-order chi connectivity index (χ0) is 19.6. The molecule has 0 saturated carbocycles. The van der Waals surface area contributed by atoms with Crippen molar-refractivity contribution >= 4 is 11.9 Å². The topological polar surface area (TPSA) is 89.2 Å². The molecular formula is C20H23NO6. The Morgan fingerprint density at radius 2 is 1.81 bits per heavy atom. The summed E-state index contributed by atoms with van der Waals surface area (Å²) in [6.07, 6.45) is 1.95. The second kappa shape index (κ2) is 7.73. The van der Waals surface area contributed by atoms with E-state index in [-0.39, 0.29) is 18.1 Å². The van der Waals surface area contributed by atoms with Crippen molar-refractivity contribution < 1.29 is 28.6 Å². The normalized spacial score (nSPS) is 14.0. The van der Waals surface area contributed by atoms with Crippen LogP contribution in [0, 0.1) is 12.8 Å². The summed E-state index contributed by atoms with van der Waals surface area (Å²) in [5, 5.41) is 8.98. The second-order valence-electron chi connectivity index (χ2n) is 6.79. The molecule has 1 aliphatic rings. The number of nitrogens with zero attached hydrogens (tertiary/aromatic N) is 1. The van der Waals surface area contributed by atoms with E-state index >= 15 is 0 Å². The Kier molecular flexibility index (Phi) is 5.39. The molecule has 1 aromatic heterocycles. The summed E-state index contributed by atoms with van der Waals surface area (Å²) < 4.78 is 15.9. The molecule has 1 N–H and O–H groups in total. The molecule has 7 nitrogen and oxygen atoms in total. The highest BCUT2D eigenvalue weighted by atomic mass is 16.5. The van der Waals surface area contributed by atoms with Gasteiger partial charge in [0, 0.05) is 24.7 Å². The molecule has 1 amide bonds. The number of hydrogen-bond donors (Lipinski definition) is 1. The number of aliphatic carboxylic acids is 1. The molecule has 1 aromatic carbocycles. The van der Waals surface area contributed by atoms with Gasteiger partial charge in [-0.25, -0.2) is 0 Å². The van der Waals surface area contributed by atoms with Gasteiger partial charge >= 0.3 is 5.97 Å². The Morgan fingerprint density at radius 1 is 1.19 bits per heavy atom. The molecule has 0 unspecified atom stereocenters. The van der Waals surface area contributed by atoms with E-state index < -0.39 is 5.97 Å². The largest absolute Gasteiger partial charge is 0.497 e. The van der Waals surface area contributed by atoms with Gasteiger partial charge in [0.25, 0.3) is 5.91 Å². The van der Waals surface area contributed by atoms with Crippen molar-refractivity contribution in [1.29, 1.82) is 0 Å².